The van der Waals surface area contributed by atoms with E-state index in [1.165, 1.54) is 0 Å². The fourth-order valence-electron chi connectivity index (χ4n) is 2.38. The number of hydrogen-bond acceptors (Lipinski definition) is 4. The van der Waals surface area contributed by atoms with Gasteiger partial charge in [0.05, 0.1) is 23.8 Å². The molecule has 0 saturated carbocycles. The maximum absolute atomic E-state index is 12.4. The van der Waals surface area contributed by atoms with Gasteiger partial charge < -0.3 is 15.0 Å². The fourth-order valence-corrected chi connectivity index (χ4v) is 3.28. The van der Waals surface area contributed by atoms with Gasteiger partial charge in [0.1, 0.15) is 0 Å². The SMILES string of the molecule is O=C(/C=C(/c1cccs1)N1CCOCC1)Nc1ccc(Cl)cc1. The zero-order valence-corrected chi connectivity index (χ0v) is 14.1. The van der Waals surface area contributed by atoms with Crippen molar-refractivity contribution in [1.29, 1.82) is 0 Å². The number of hydrogen-bond donors (Lipinski definition) is 1. The fraction of sp³-hybridized carbons (Fsp3) is 0.235. The molecule has 1 saturated heterocycles. The summed E-state index contributed by atoms with van der Waals surface area (Å²) in [6.45, 7) is 2.94. The molecule has 1 aromatic heterocycles. The third-order valence-corrected chi connectivity index (χ3v) is 4.65. The highest BCUT2D eigenvalue weighted by atomic mass is 35.5. The largest absolute Gasteiger partial charge is 0.378 e. The second-order valence-electron chi connectivity index (χ2n) is 5.10. The molecule has 4 nitrogen and oxygen atoms in total. The summed E-state index contributed by atoms with van der Waals surface area (Å²) in [4.78, 5) is 15.6. The molecule has 0 bridgehead atoms. The third-order valence-electron chi connectivity index (χ3n) is 3.50. The van der Waals surface area contributed by atoms with Gasteiger partial charge in [0.2, 0.25) is 5.91 Å². The number of thiophene rings is 1. The van der Waals surface area contributed by atoms with E-state index in [-0.39, 0.29) is 5.91 Å². The lowest BCUT2D eigenvalue weighted by Crippen LogP contribution is -2.35. The Morgan fingerprint density at radius 3 is 2.61 bits per heavy atom. The average Bonchev–Trinajstić information content (AvgIpc) is 3.10. The Bertz CT molecular complexity index is 677. The van der Waals surface area contributed by atoms with Gasteiger partial charge in [-0.1, -0.05) is 17.7 Å². The predicted octanol–water partition coefficient (Wildman–Crippen LogP) is 3.71. The first kappa shape index (κ1) is 16.1. The first-order chi connectivity index (χ1) is 11.2. The molecule has 0 radical (unpaired) electrons. The normalized spacial score (nSPS) is 15.5. The number of halogens is 1. The van der Waals surface area contributed by atoms with Gasteiger partial charge >= 0.3 is 0 Å². The summed E-state index contributed by atoms with van der Waals surface area (Å²) < 4.78 is 5.40. The highest BCUT2D eigenvalue weighted by Crippen LogP contribution is 2.25. The molecule has 23 heavy (non-hydrogen) atoms. The van der Waals surface area contributed by atoms with Crippen LogP contribution < -0.4 is 5.32 Å². The smallest absolute Gasteiger partial charge is 0.250 e. The summed E-state index contributed by atoms with van der Waals surface area (Å²) in [5.41, 5.74) is 1.66. The lowest BCUT2D eigenvalue weighted by Gasteiger charge is -2.30. The van der Waals surface area contributed by atoms with E-state index >= 15 is 0 Å². The Kier molecular flexibility index (Phi) is 5.33. The molecule has 120 valence electrons. The maximum Gasteiger partial charge on any atom is 0.250 e. The molecule has 0 spiro atoms. The van der Waals surface area contributed by atoms with Crippen LogP contribution in [0.15, 0.2) is 47.9 Å². The Morgan fingerprint density at radius 1 is 1.22 bits per heavy atom. The van der Waals surface area contributed by atoms with E-state index in [9.17, 15) is 4.79 Å². The van der Waals surface area contributed by atoms with Gasteiger partial charge in [-0.2, -0.15) is 0 Å². The first-order valence-electron chi connectivity index (χ1n) is 7.37. The molecule has 1 fully saturated rings. The van der Waals surface area contributed by atoms with Gasteiger partial charge in [-0.25, -0.2) is 0 Å². The topological polar surface area (TPSA) is 41.6 Å². The molecule has 0 atom stereocenters. The van der Waals surface area contributed by atoms with Crippen LogP contribution in [0.25, 0.3) is 5.70 Å². The quantitative estimate of drug-likeness (QED) is 0.856. The van der Waals surface area contributed by atoms with Crippen molar-refractivity contribution in [2.75, 3.05) is 31.6 Å². The van der Waals surface area contributed by atoms with E-state index in [4.69, 9.17) is 16.3 Å². The van der Waals surface area contributed by atoms with Crippen molar-refractivity contribution in [3.8, 4) is 0 Å². The van der Waals surface area contributed by atoms with Gasteiger partial charge in [-0.15, -0.1) is 11.3 Å². The van der Waals surface area contributed by atoms with Crippen molar-refractivity contribution in [2.24, 2.45) is 0 Å². The van der Waals surface area contributed by atoms with Crippen LogP contribution >= 0.6 is 22.9 Å². The number of carbonyl (C=O) groups is 1. The molecule has 1 aromatic carbocycles. The zero-order chi connectivity index (χ0) is 16.1. The third kappa shape index (κ3) is 4.34. The molecule has 1 N–H and O–H groups in total. The number of anilines is 1. The minimum Gasteiger partial charge on any atom is -0.378 e. The van der Waals surface area contributed by atoms with Crippen LogP contribution in [0.4, 0.5) is 5.69 Å². The van der Waals surface area contributed by atoms with Crippen LogP contribution in [-0.2, 0) is 9.53 Å². The number of carbonyl (C=O) groups excluding carboxylic acids is 1. The highest BCUT2D eigenvalue weighted by Gasteiger charge is 2.17. The molecular formula is C17H17ClN2O2S. The van der Waals surface area contributed by atoms with Gasteiger partial charge in [0, 0.05) is 29.9 Å². The lowest BCUT2D eigenvalue weighted by atomic mass is 10.2. The number of nitrogens with one attached hydrogen (secondary N) is 1. The van der Waals surface area contributed by atoms with Gasteiger partial charge in [-0.3, -0.25) is 4.79 Å². The van der Waals surface area contributed by atoms with Gasteiger partial charge in [0.25, 0.3) is 0 Å². The zero-order valence-electron chi connectivity index (χ0n) is 12.5. The lowest BCUT2D eigenvalue weighted by molar-refractivity contribution is -0.111. The van der Waals surface area contributed by atoms with Gasteiger partial charge in [-0.05, 0) is 35.7 Å². The van der Waals surface area contributed by atoms with Crippen molar-refractivity contribution in [3.05, 3.63) is 57.8 Å². The maximum atomic E-state index is 12.4. The summed E-state index contributed by atoms with van der Waals surface area (Å²) in [6, 6.07) is 11.1. The van der Waals surface area contributed by atoms with Crippen LogP contribution in [-0.4, -0.2) is 37.1 Å². The monoisotopic (exact) mass is 348 g/mol. The van der Waals surface area contributed by atoms with Crippen molar-refractivity contribution in [2.45, 2.75) is 0 Å². The number of benzene rings is 1. The molecule has 2 aromatic rings. The minimum atomic E-state index is -0.151. The number of nitrogens with zero attached hydrogens (tertiary/aromatic N) is 1. The number of ether oxygens (including phenoxy) is 1. The molecule has 0 aliphatic carbocycles. The van der Waals surface area contributed by atoms with E-state index in [0.29, 0.717) is 18.2 Å². The van der Waals surface area contributed by atoms with Crippen molar-refractivity contribution >= 4 is 40.2 Å². The summed E-state index contributed by atoms with van der Waals surface area (Å²) >= 11 is 7.49. The second kappa shape index (κ2) is 7.64. The molecule has 2 heterocycles. The highest BCUT2D eigenvalue weighted by molar-refractivity contribution is 7.11. The van der Waals surface area contributed by atoms with E-state index < -0.39 is 0 Å². The van der Waals surface area contributed by atoms with Crippen LogP contribution in [0, 0.1) is 0 Å². The summed E-state index contributed by atoms with van der Waals surface area (Å²) in [7, 11) is 0. The Morgan fingerprint density at radius 2 is 1.96 bits per heavy atom. The van der Waals surface area contributed by atoms with E-state index in [0.717, 1.165) is 29.4 Å². The van der Waals surface area contributed by atoms with Crippen LogP contribution in [0.3, 0.4) is 0 Å². The van der Waals surface area contributed by atoms with E-state index in [1.54, 1.807) is 41.7 Å². The number of rotatable bonds is 4. The molecule has 1 aliphatic rings. The Labute approximate surface area is 144 Å². The van der Waals surface area contributed by atoms with Crippen molar-refractivity contribution < 1.29 is 9.53 Å². The predicted molar refractivity (Wildman–Crippen MR) is 94.8 cm³/mol. The summed E-state index contributed by atoms with van der Waals surface area (Å²) in [5, 5.41) is 5.53. The number of morpholine rings is 1. The number of amides is 1. The van der Waals surface area contributed by atoms with Crippen LogP contribution in [0.2, 0.25) is 5.02 Å². The first-order valence-corrected chi connectivity index (χ1v) is 8.63. The molecule has 6 heteroatoms. The standard InChI is InChI=1S/C17H17ClN2O2S/c18-13-3-5-14(6-4-13)19-17(21)12-15(16-2-1-11-23-16)20-7-9-22-10-8-20/h1-6,11-12H,7-10H2,(H,19,21)/b15-12-. The molecule has 0 unspecified atom stereocenters. The average molecular weight is 349 g/mol. The van der Waals surface area contributed by atoms with Gasteiger partial charge in [0.15, 0.2) is 0 Å². The summed E-state index contributed by atoms with van der Waals surface area (Å²) in [5.74, 6) is -0.151. The minimum absolute atomic E-state index is 0.151. The van der Waals surface area contributed by atoms with Crippen LogP contribution in [0.1, 0.15) is 4.88 Å². The van der Waals surface area contributed by atoms with Crippen molar-refractivity contribution in [1.82, 2.24) is 4.90 Å². The van der Waals surface area contributed by atoms with Crippen LogP contribution in [0.5, 0.6) is 0 Å². The summed E-state index contributed by atoms with van der Waals surface area (Å²) in [6.07, 6.45) is 1.66. The molecule has 1 aliphatic heterocycles. The molecular weight excluding hydrogens is 332 g/mol. The Hall–Kier alpha value is -1.82. The molecule has 3 rings (SSSR count). The van der Waals surface area contributed by atoms with E-state index in [1.807, 2.05) is 17.5 Å². The van der Waals surface area contributed by atoms with E-state index in [2.05, 4.69) is 10.2 Å². The molecule has 1 amide bonds. The van der Waals surface area contributed by atoms with Crippen molar-refractivity contribution in [3.63, 3.8) is 0 Å². The Balaban J connectivity index is 1.79. The second-order valence-corrected chi connectivity index (χ2v) is 6.49.